The molecule has 0 N–H and O–H groups in total. The summed E-state index contributed by atoms with van der Waals surface area (Å²) in [5.74, 6) is 0. The third kappa shape index (κ3) is 1.78. The summed E-state index contributed by atoms with van der Waals surface area (Å²) in [5.41, 5.74) is 4.73. The summed E-state index contributed by atoms with van der Waals surface area (Å²) in [6.07, 6.45) is 4.83. The lowest BCUT2D eigenvalue weighted by Crippen LogP contribution is -1.89. The number of hydrogen-bond donors (Lipinski definition) is 0. The Morgan fingerprint density at radius 3 is 2.71 bits per heavy atom. The Hall–Kier alpha value is -1.33. The predicted molar refractivity (Wildman–Crippen MR) is 54.9 cm³/mol. The standard InChI is InChI=1S/C8H5ClN4S/c9-1-7(8-13-12-5-14-8)6-2-10-4-11-3-6/h1-5H. The summed E-state index contributed by atoms with van der Waals surface area (Å²) in [6, 6.07) is 0. The van der Waals surface area contributed by atoms with Crippen LogP contribution in [0.15, 0.2) is 29.8 Å². The molecule has 2 heterocycles. The zero-order valence-corrected chi connectivity index (χ0v) is 8.53. The minimum absolute atomic E-state index is 0.759. The molecule has 70 valence electrons. The highest BCUT2D eigenvalue weighted by molar-refractivity contribution is 7.10. The molecule has 14 heavy (non-hydrogen) atoms. The van der Waals surface area contributed by atoms with Gasteiger partial charge in [0.2, 0.25) is 0 Å². The molecule has 0 amide bonds. The van der Waals surface area contributed by atoms with Gasteiger partial charge in [-0.05, 0) is 0 Å². The van der Waals surface area contributed by atoms with Crippen LogP contribution in [0.3, 0.4) is 0 Å². The van der Waals surface area contributed by atoms with Crippen LogP contribution in [0, 0.1) is 0 Å². The topological polar surface area (TPSA) is 51.6 Å². The van der Waals surface area contributed by atoms with Crippen molar-refractivity contribution in [3.05, 3.63) is 40.3 Å². The summed E-state index contributed by atoms with van der Waals surface area (Å²) in [6.45, 7) is 0. The van der Waals surface area contributed by atoms with Crippen molar-refractivity contribution in [3.63, 3.8) is 0 Å². The van der Waals surface area contributed by atoms with Crippen LogP contribution in [-0.2, 0) is 0 Å². The first-order valence-electron chi connectivity index (χ1n) is 3.74. The minimum Gasteiger partial charge on any atom is -0.244 e. The SMILES string of the molecule is ClC=C(c1cncnc1)c1nncs1. The maximum Gasteiger partial charge on any atom is 0.149 e. The molecule has 0 saturated carbocycles. The number of halogens is 1. The minimum atomic E-state index is 0.759. The van der Waals surface area contributed by atoms with Crippen LogP contribution in [0.1, 0.15) is 10.6 Å². The van der Waals surface area contributed by atoms with Crippen LogP contribution in [0.5, 0.6) is 0 Å². The highest BCUT2D eigenvalue weighted by atomic mass is 35.5. The lowest BCUT2D eigenvalue weighted by Gasteiger charge is -1.99. The smallest absolute Gasteiger partial charge is 0.149 e. The van der Waals surface area contributed by atoms with Gasteiger partial charge in [-0.3, -0.25) is 0 Å². The monoisotopic (exact) mass is 224 g/mol. The van der Waals surface area contributed by atoms with Gasteiger partial charge in [0.25, 0.3) is 0 Å². The normalized spacial score (nSPS) is 11.6. The van der Waals surface area contributed by atoms with Crippen molar-refractivity contribution in [2.45, 2.75) is 0 Å². The zero-order valence-electron chi connectivity index (χ0n) is 6.96. The van der Waals surface area contributed by atoms with Gasteiger partial charge in [-0.1, -0.05) is 22.9 Å². The predicted octanol–water partition coefficient (Wildman–Crippen LogP) is 1.96. The van der Waals surface area contributed by atoms with Crippen LogP contribution in [-0.4, -0.2) is 20.2 Å². The molecule has 0 aliphatic carbocycles. The van der Waals surface area contributed by atoms with Gasteiger partial charge in [0.1, 0.15) is 16.8 Å². The Kier molecular flexibility index (Phi) is 2.81. The molecule has 4 nitrogen and oxygen atoms in total. The van der Waals surface area contributed by atoms with Crippen molar-refractivity contribution in [3.8, 4) is 0 Å². The van der Waals surface area contributed by atoms with E-state index in [0.717, 1.165) is 16.1 Å². The van der Waals surface area contributed by atoms with Gasteiger partial charge in [0.05, 0.1) is 0 Å². The molecule has 0 aliphatic heterocycles. The lowest BCUT2D eigenvalue weighted by molar-refractivity contribution is 1.07. The second-order valence-electron chi connectivity index (χ2n) is 2.39. The third-order valence-electron chi connectivity index (χ3n) is 1.57. The first-order valence-corrected chi connectivity index (χ1v) is 5.05. The molecule has 6 heteroatoms. The summed E-state index contributed by atoms with van der Waals surface area (Å²) in [5, 5.41) is 8.43. The number of aromatic nitrogens is 4. The fourth-order valence-electron chi connectivity index (χ4n) is 0.962. The van der Waals surface area contributed by atoms with E-state index < -0.39 is 0 Å². The van der Waals surface area contributed by atoms with Crippen molar-refractivity contribution >= 4 is 28.5 Å². The Morgan fingerprint density at radius 1 is 1.36 bits per heavy atom. The first kappa shape index (κ1) is 9.23. The summed E-state index contributed by atoms with van der Waals surface area (Å²) in [7, 11) is 0. The lowest BCUT2D eigenvalue weighted by atomic mass is 10.2. The molecular weight excluding hydrogens is 220 g/mol. The van der Waals surface area contributed by atoms with Crippen LogP contribution in [0.4, 0.5) is 0 Å². The molecule has 0 aliphatic rings. The largest absolute Gasteiger partial charge is 0.244 e. The maximum atomic E-state index is 5.71. The van der Waals surface area contributed by atoms with Crippen molar-refractivity contribution in [2.24, 2.45) is 0 Å². The average molecular weight is 225 g/mol. The summed E-state index contributed by atoms with van der Waals surface area (Å²) in [4.78, 5) is 7.82. The van der Waals surface area contributed by atoms with Crippen LogP contribution in [0.25, 0.3) is 5.57 Å². The third-order valence-corrected chi connectivity index (χ3v) is 2.51. The molecular formula is C8H5ClN4S. The second-order valence-corrected chi connectivity index (χ2v) is 3.45. The van der Waals surface area contributed by atoms with Crippen LogP contribution >= 0.6 is 22.9 Å². The highest BCUT2D eigenvalue weighted by Crippen LogP contribution is 2.23. The molecule has 2 rings (SSSR count). The van der Waals surface area contributed by atoms with E-state index in [2.05, 4.69) is 20.2 Å². The van der Waals surface area contributed by atoms with Crippen LogP contribution < -0.4 is 0 Å². The Morgan fingerprint density at radius 2 is 2.14 bits per heavy atom. The van der Waals surface area contributed by atoms with Gasteiger partial charge in [0, 0.05) is 29.1 Å². The van der Waals surface area contributed by atoms with E-state index in [1.165, 1.54) is 23.2 Å². The van der Waals surface area contributed by atoms with Crippen molar-refractivity contribution in [1.29, 1.82) is 0 Å². The quantitative estimate of drug-likeness (QED) is 0.783. The van der Waals surface area contributed by atoms with Gasteiger partial charge in [-0.25, -0.2) is 9.97 Å². The number of hydrogen-bond acceptors (Lipinski definition) is 5. The zero-order chi connectivity index (χ0) is 9.80. The van der Waals surface area contributed by atoms with Crippen molar-refractivity contribution < 1.29 is 0 Å². The Bertz CT molecular complexity index is 426. The molecule has 2 aromatic rings. The molecule has 0 unspecified atom stereocenters. The second kappa shape index (κ2) is 4.26. The Labute approximate surface area is 89.3 Å². The molecule has 0 radical (unpaired) electrons. The van der Waals surface area contributed by atoms with E-state index in [4.69, 9.17) is 11.6 Å². The molecule has 2 aromatic heterocycles. The van der Waals surface area contributed by atoms with E-state index in [-0.39, 0.29) is 0 Å². The molecule has 0 atom stereocenters. The summed E-state index contributed by atoms with van der Waals surface area (Å²) >= 11 is 7.13. The average Bonchev–Trinajstić information content (AvgIpc) is 2.74. The molecule has 0 spiro atoms. The van der Waals surface area contributed by atoms with Gasteiger partial charge >= 0.3 is 0 Å². The van der Waals surface area contributed by atoms with Gasteiger partial charge in [-0.2, -0.15) is 0 Å². The highest BCUT2D eigenvalue weighted by Gasteiger charge is 2.07. The van der Waals surface area contributed by atoms with E-state index in [9.17, 15) is 0 Å². The first-order chi connectivity index (χ1) is 6.92. The summed E-state index contributed by atoms with van der Waals surface area (Å²) < 4.78 is 0. The van der Waals surface area contributed by atoms with Crippen molar-refractivity contribution in [2.75, 3.05) is 0 Å². The Balaban J connectivity index is 2.43. The van der Waals surface area contributed by atoms with E-state index >= 15 is 0 Å². The van der Waals surface area contributed by atoms with Gasteiger partial charge < -0.3 is 0 Å². The molecule has 0 saturated heterocycles. The fraction of sp³-hybridized carbons (Fsp3) is 0. The van der Waals surface area contributed by atoms with Gasteiger partial charge in [0.15, 0.2) is 0 Å². The van der Waals surface area contributed by atoms with Crippen molar-refractivity contribution in [1.82, 2.24) is 20.2 Å². The number of rotatable bonds is 2. The van der Waals surface area contributed by atoms with E-state index in [1.807, 2.05) is 0 Å². The van der Waals surface area contributed by atoms with E-state index in [1.54, 1.807) is 17.9 Å². The molecule has 0 aromatic carbocycles. The molecule has 0 fully saturated rings. The van der Waals surface area contributed by atoms with E-state index in [0.29, 0.717) is 0 Å². The maximum absolute atomic E-state index is 5.71. The van der Waals surface area contributed by atoms with Gasteiger partial charge in [-0.15, -0.1) is 10.2 Å². The number of nitrogens with zero attached hydrogens (tertiary/aromatic N) is 4. The van der Waals surface area contributed by atoms with Crippen LogP contribution in [0.2, 0.25) is 0 Å². The fourth-order valence-corrected chi connectivity index (χ4v) is 1.85. The molecule has 0 bridgehead atoms.